The lowest BCUT2D eigenvalue weighted by molar-refractivity contribution is 0.0494. The lowest BCUT2D eigenvalue weighted by Gasteiger charge is -2.22. The fraction of sp³-hybridized carbons (Fsp3) is 0.423. The van der Waals surface area contributed by atoms with Gasteiger partial charge >= 0.3 is 6.09 Å². The number of nitrogens with zero attached hydrogens (tertiary/aromatic N) is 2. The topological polar surface area (TPSA) is 107 Å². The van der Waals surface area contributed by atoms with E-state index in [-0.39, 0.29) is 12.6 Å². The van der Waals surface area contributed by atoms with Crippen molar-refractivity contribution in [2.75, 3.05) is 13.2 Å². The summed E-state index contributed by atoms with van der Waals surface area (Å²) < 4.78 is 22.8. The van der Waals surface area contributed by atoms with E-state index in [0.717, 1.165) is 0 Å². The Morgan fingerprint density at radius 2 is 2.03 bits per heavy atom. The Labute approximate surface area is 198 Å². The Hall–Kier alpha value is -3.73. The number of hydrogen-bond donors (Lipinski definition) is 1. The summed E-state index contributed by atoms with van der Waals surface area (Å²) in [6, 6.07) is 12.7. The molecule has 1 aliphatic rings. The highest BCUT2D eigenvalue weighted by molar-refractivity contribution is 5.78. The molecule has 0 radical (unpaired) electrons. The number of benzene rings is 2. The van der Waals surface area contributed by atoms with Crippen molar-refractivity contribution >= 4 is 17.2 Å². The van der Waals surface area contributed by atoms with Gasteiger partial charge in [-0.1, -0.05) is 0 Å². The first kappa shape index (κ1) is 23.4. The molecule has 2 aromatic carbocycles. The molecule has 1 aliphatic carbocycles. The maximum atomic E-state index is 11.9. The molecule has 1 fully saturated rings. The first-order valence-electron chi connectivity index (χ1n) is 11.4. The molecule has 4 rings (SSSR count). The van der Waals surface area contributed by atoms with Crippen LogP contribution in [-0.4, -0.2) is 35.9 Å². The predicted octanol–water partition coefficient (Wildman–Crippen LogP) is 5.45. The standard InChI is InChI=1S/C26H29N3O5/c1-16(28-25(30)34-26(2,3)4)14-31-20-8-9-21-23(12-20)33-24(29-21)18-7-10-22(19(11-18)13-27)32-15-17-5-6-17/h7-12,16-17H,5-6,14-15H2,1-4H3,(H,28,30)/t16-/m0/s1. The zero-order valence-corrected chi connectivity index (χ0v) is 19.9. The highest BCUT2D eigenvalue weighted by atomic mass is 16.6. The monoisotopic (exact) mass is 463 g/mol. The molecule has 1 amide bonds. The van der Waals surface area contributed by atoms with Gasteiger partial charge in [0.15, 0.2) is 5.58 Å². The van der Waals surface area contributed by atoms with Crippen molar-refractivity contribution in [2.24, 2.45) is 5.92 Å². The lowest BCUT2D eigenvalue weighted by Crippen LogP contribution is -2.40. The first-order valence-corrected chi connectivity index (χ1v) is 11.4. The predicted molar refractivity (Wildman–Crippen MR) is 127 cm³/mol. The van der Waals surface area contributed by atoms with Gasteiger partial charge < -0.3 is 23.9 Å². The minimum absolute atomic E-state index is 0.249. The molecule has 0 aliphatic heterocycles. The van der Waals surface area contributed by atoms with Crippen molar-refractivity contribution in [2.45, 2.75) is 52.2 Å². The van der Waals surface area contributed by atoms with E-state index in [1.807, 2.05) is 39.8 Å². The van der Waals surface area contributed by atoms with Gasteiger partial charge in [0, 0.05) is 11.6 Å². The minimum Gasteiger partial charge on any atom is -0.492 e. The molecule has 1 saturated carbocycles. The van der Waals surface area contributed by atoms with E-state index >= 15 is 0 Å². The molecule has 34 heavy (non-hydrogen) atoms. The average molecular weight is 464 g/mol. The molecule has 3 aromatic rings. The number of oxazole rings is 1. The van der Waals surface area contributed by atoms with Crippen molar-refractivity contribution in [1.82, 2.24) is 10.3 Å². The summed E-state index contributed by atoms with van der Waals surface area (Å²) in [6.07, 6.45) is 1.89. The van der Waals surface area contributed by atoms with Crippen LogP contribution in [-0.2, 0) is 4.74 Å². The third kappa shape index (κ3) is 6.19. The normalized spacial score (nSPS) is 14.3. The van der Waals surface area contributed by atoms with Gasteiger partial charge in [0.25, 0.3) is 0 Å². The Balaban J connectivity index is 1.41. The van der Waals surface area contributed by atoms with Crippen LogP contribution < -0.4 is 14.8 Å². The molecule has 178 valence electrons. The van der Waals surface area contributed by atoms with E-state index in [0.29, 0.717) is 52.1 Å². The number of ether oxygens (including phenoxy) is 3. The number of rotatable bonds is 8. The molecule has 1 heterocycles. The van der Waals surface area contributed by atoms with Gasteiger partial charge in [0.05, 0.1) is 18.2 Å². The molecule has 1 atom stereocenters. The van der Waals surface area contributed by atoms with E-state index in [1.54, 1.807) is 24.3 Å². The maximum absolute atomic E-state index is 11.9. The molecule has 1 aromatic heterocycles. The molecule has 0 unspecified atom stereocenters. The Morgan fingerprint density at radius 1 is 1.24 bits per heavy atom. The van der Waals surface area contributed by atoms with E-state index < -0.39 is 11.7 Å². The highest BCUT2D eigenvalue weighted by Gasteiger charge is 2.23. The summed E-state index contributed by atoms with van der Waals surface area (Å²) >= 11 is 0. The summed E-state index contributed by atoms with van der Waals surface area (Å²) in [7, 11) is 0. The zero-order valence-electron chi connectivity index (χ0n) is 19.9. The second kappa shape index (κ2) is 9.64. The third-order valence-corrected chi connectivity index (χ3v) is 5.14. The number of alkyl carbamates (subject to hydrolysis) is 1. The average Bonchev–Trinajstić information content (AvgIpc) is 3.51. The van der Waals surface area contributed by atoms with E-state index in [1.165, 1.54) is 12.8 Å². The van der Waals surface area contributed by atoms with Crippen LogP contribution in [0.2, 0.25) is 0 Å². The van der Waals surface area contributed by atoms with E-state index in [9.17, 15) is 10.1 Å². The van der Waals surface area contributed by atoms with Crippen LogP contribution in [0.1, 0.15) is 46.1 Å². The molecule has 0 saturated heterocycles. The van der Waals surface area contributed by atoms with Gasteiger partial charge in [-0.15, -0.1) is 0 Å². The maximum Gasteiger partial charge on any atom is 0.407 e. The first-order chi connectivity index (χ1) is 16.2. The number of aromatic nitrogens is 1. The van der Waals surface area contributed by atoms with E-state index in [2.05, 4.69) is 16.4 Å². The van der Waals surface area contributed by atoms with Crippen LogP contribution in [0, 0.1) is 17.2 Å². The SMILES string of the molecule is C[C@@H](COc1ccc2nc(-c3ccc(OCC4CC4)c(C#N)c3)oc2c1)NC(=O)OC(C)(C)C. The number of fused-ring (bicyclic) bond motifs is 1. The number of hydrogen-bond acceptors (Lipinski definition) is 7. The van der Waals surface area contributed by atoms with Gasteiger partial charge in [-0.3, -0.25) is 0 Å². The number of amides is 1. The van der Waals surface area contributed by atoms with Gasteiger partial charge in [0.1, 0.15) is 35.3 Å². The largest absolute Gasteiger partial charge is 0.492 e. The number of nitriles is 1. The zero-order chi connectivity index (χ0) is 24.3. The smallest absolute Gasteiger partial charge is 0.407 e. The quantitative estimate of drug-likeness (QED) is 0.473. The third-order valence-electron chi connectivity index (χ3n) is 5.14. The van der Waals surface area contributed by atoms with Crippen molar-refractivity contribution in [1.29, 1.82) is 5.26 Å². The van der Waals surface area contributed by atoms with Crippen molar-refractivity contribution < 1.29 is 23.4 Å². The van der Waals surface area contributed by atoms with Gasteiger partial charge in [-0.25, -0.2) is 9.78 Å². The molecule has 0 spiro atoms. The number of carbonyl (C=O) groups excluding carboxylic acids is 1. The molecule has 0 bridgehead atoms. The summed E-state index contributed by atoms with van der Waals surface area (Å²) in [4.78, 5) is 16.4. The number of carbonyl (C=O) groups is 1. The molecule has 1 N–H and O–H groups in total. The van der Waals surface area contributed by atoms with Crippen molar-refractivity contribution in [3.05, 3.63) is 42.0 Å². The van der Waals surface area contributed by atoms with Crippen LogP contribution in [0.15, 0.2) is 40.8 Å². The fourth-order valence-electron chi connectivity index (χ4n) is 3.26. The molecule has 8 heteroatoms. The summed E-state index contributed by atoms with van der Waals surface area (Å²) in [5.74, 6) is 2.20. The van der Waals surface area contributed by atoms with E-state index in [4.69, 9.17) is 18.6 Å². The highest BCUT2D eigenvalue weighted by Crippen LogP contribution is 2.33. The van der Waals surface area contributed by atoms with Crippen LogP contribution >= 0.6 is 0 Å². The fourth-order valence-corrected chi connectivity index (χ4v) is 3.26. The molecular formula is C26H29N3O5. The number of nitrogens with one attached hydrogen (secondary N) is 1. The van der Waals surface area contributed by atoms with Crippen molar-refractivity contribution in [3.63, 3.8) is 0 Å². The minimum atomic E-state index is -0.558. The Kier molecular flexibility index (Phi) is 6.64. The molecular weight excluding hydrogens is 434 g/mol. The van der Waals surface area contributed by atoms with Gasteiger partial charge in [-0.05, 0) is 76.8 Å². The van der Waals surface area contributed by atoms with Gasteiger partial charge in [-0.2, -0.15) is 5.26 Å². The van der Waals surface area contributed by atoms with Crippen LogP contribution in [0.25, 0.3) is 22.6 Å². The second-order valence-electron chi connectivity index (χ2n) is 9.58. The summed E-state index contributed by atoms with van der Waals surface area (Å²) in [5, 5.41) is 12.3. The summed E-state index contributed by atoms with van der Waals surface area (Å²) in [6.45, 7) is 8.18. The molecule has 8 nitrogen and oxygen atoms in total. The Morgan fingerprint density at radius 3 is 2.74 bits per heavy atom. The van der Waals surface area contributed by atoms with Gasteiger partial charge in [0.2, 0.25) is 5.89 Å². The Bertz CT molecular complexity index is 1220. The van der Waals surface area contributed by atoms with Crippen LogP contribution in [0.4, 0.5) is 4.79 Å². The van der Waals surface area contributed by atoms with Crippen LogP contribution in [0.3, 0.4) is 0 Å². The van der Waals surface area contributed by atoms with Crippen LogP contribution in [0.5, 0.6) is 11.5 Å². The van der Waals surface area contributed by atoms with Crippen molar-refractivity contribution in [3.8, 4) is 29.0 Å². The summed E-state index contributed by atoms with van der Waals surface area (Å²) in [5.41, 5.74) is 1.83. The lowest BCUT2D eigenvalue weighted by atomic mass is 10.1. The second-order valence-corrected chi connectivity index (χ2v) is 9.58.